The minimum absolute atomic E-state index is 0.0557. The van der Waals surface area contributed by atoms with Crippen LogP contribution in [0.1, 0.15) is 40.8 Å². The van der Waals surface area contributed by atoms with Crippen LogP contribution in [0, 0.1) is 0 Å². The second-order valence-electron chi connectivity index (χ2n) is 7.54. The van der Waals surface area contributed by atoms with Gasteiger partial charge in [-0.3, -0.25) is 0 Å². The van der Waals surface area contributed by atoms with E-state index in [0.717, 1.165) is 47.8 Å². The summed E-state index contributed by atoms with van der Waals surface area (Å²) in [5.41, 5.74) is 6.10. The third-order valence-electron chi connectivity index (χ3n) is 5.73. The molecule has 0 fully saturated rings. The Morgan fingerprint density at radius 3 is 2.37 bits per heavy atom. The predicted octanol–water partition coefficient (Wildman–Crippen LogP) is 5.08. The van der Waals surface area contributed by atoms with Crippen molar-refractivity contribution in [2.75, 3.05) is 20.8 Å². The van der Waals surface area contributed by atoms with Gasteiger partial charge >= 0.3 is 0 Å². The molecule has 4 nitrogen and oxygen atoms in total. The van der Waals surface area contributed by atoms with E-state index in [1.807, 2.05) is 18.2 Å². The predicted molar refractivity (Wildman–Crippen MR) is 120 cm³/mol. The number of aryl methyl sites for hydroxylation is 1. The van der Waals surface area contributed by atoms with Gasteiger partial charge in [0.25, 0.3) is 0 Å². The van der Waals surface area contributed by atoms with Crippen LogP contribution in [0.4, 0.5) is 0 Å². The molecule has 1 heterocycles. The zero-order chi connectivity index (χ0) is 20.9. The van der Waals surface area contributed by atoms with Gasteiger partial charge in [0.2, 0.25) is 0 Å². The van der Waals surface area contributed by atoms with Crippen LogP contribution in [0.5, 0.6) is 17.2 Å². The first-order valence-electron chi connectivity index (χ1n) is 10.5. The summed E-state index contributed by atoms with van der Waals surface area (Å²) in [6, 6.07) is 21.0. The van der Waals surface area contributed by atoms with Crippen molar-refractivity contribution in [3.63, 3.8) is 0 Å². The number of hydrogen-bond acceptors (Lipinski definition) is 4. The van der Waals surface area contributed by atoms with Gasteiger partial charge in [-0.2, -0.15) is 0 Å². The van der Waals surface area contributed by atoms with Crippen molar-refractivity contribution in [1.82, 2.24) is 5.32 Å². The largest absolute Gasteiger partial charge is 0.496 e. The quantitative estimate of drug-likeness (QED) is 0.597. The number of ether oxygens (including phenoxy) is 3. The van der Waals surface area contributed by atoms with Crippen LogP contribution in [-0.2, 0) is 19.4 Å². The van der Waals surface area contributed by atoms with Crippen LogP contribution in [0.2, 0.25) is 0 Å². The summed E-state index contributed by atoms with van der Waals surface area (Å²) >= 11 is 0. The second-order valence-corrected chi connectivity index (χ2v) is 7.54. The molecule has 4 heteroatoms. The Hall–Kier alpha value is -2.98. The molecule has 1 N–H and O–H groups in total. The van der Waals surface area contributed by atoms with E-state index in [1.165, 1.54) is 16.7 Å². The molecule has 0 amide bonds. The first-order valence-corrected chi connectivity index (χ1v) is 10.5. The lowest BCUT2D eigenvalue weighted by atomic mass is 9.88. The minimum atomic E-state index is 0.0557. The van der Waals surface area contributed by atoms with Crippen molar-refractivity contribution >= 4 is 0 Å². The average molecular weight is 404 g/mol. The van der Waals surface area contributed by atoms with E-state index in [2.05, 4.69) is 54.7 Å². The van der Waals surface area contributed by atoms with E-state index in [1.54, 1.807) is 14.2 Å². The normalized spacial score (nSPS) is 15.4. The van der Waals surface area contributed by atoms with Crippen LogP contribution < -0.4 is 19.5 Å². The molecule has 1 aliphatic rings. The highest BCUT2D eigenvalue weighted by molar-refractivity contribution is 5.54. The summed E-state index contributed by atoms with van der Waals surface area (Å²) in [6.45, 7) is 3.58. The van der Waals surface area contributed by atoms with Crippen LogP contribution in [0.25, 0.3) is 0 Å². The third kappa shape index (κ3) is 4.14. The van der Waals surface area contributed by atoms with Gasteiger partial charge in [0.15, 0.2) is 11.5 Å². The zero-order valence-corrected chi connectivity index (χ0v) is 17.9. The summed E-state index contributed by atoms with van der Waals surface area (Å²) in [6.07, 6.45) is 1.95. The maximum atomic E-state index is 6.18. The Morgan fingerprint density at radius 2 is 1.63 bits per heavy atom. The molecule has 0 spiro atoms. The smallest absolute Gasteiger partial charge is 0.162 e. The molecule has 30 heavy (non-hydrogen) atoms. The molecule has 1 atom stereocenters. The highest BCUT2D eigenvalue weighted by Gasteiger charge is 2.26. The van der Waals surface area contributed by atoms with E-state index in [-0.39, 0.29) is 6.04 Å². The summed E-state index contributed by atoms with van der Waals surface area (Å²) in [5, 5.41) is 3.68. The van der Waals surface area contributed by atoms with Gasteiger partial charge in [-0.25, -0.2) is 0 Å². The minimum Gasteiger partial charge on any atom is -0.496 e. The zero-order valence-electron chi connectivity index (χ0n) is 17.9. The van der Waals surface area contributed by atoms with E-state index in [0.29, 0.717) is 6.61 Å². The molecule has 3 aromatic carbocycles. The maximum Gasteiger partial charge on any atom is 0.162 e. The van der Waals surface area contributed by atoms with E-state index in [4.69, 9.17) is 14.2 Å². The first-order chi connectivity index (χ1) is 14.7. The van der Waals surface area contributed by atoms with Gasteiger partial charge in [-0.15, -0.1) is 0 Å². The number of rotatable bonds is 7. The Labute approximate surface area is 178 Å². The Morgan fingerprint density at radius 1 is 0.833 bits per heavy atom. The lowest BCUT2D eigenvalue weighted by molar-refractivity contribution is 0.283. The topological polar surface area (TPSA) is 39.7 Å². The number of methoxy groups -OCH3 is 2. The molecule has 0 radical (unpaired) electrons. The van der Waals surface area contributed by atoms with Crippen LogP contribution >= 0.6 is 0 Å². The van der Waals surface area contributed by atoms with Gasteiger partial charge in [-0.05, 0) is 53.3 Å². The molecular weight excluding hydrogens is 374 g/mol. The molecule has 0 bridgehead atoms. The molecular formula is C26H29NO3. The van der Waals surface area contributed by atoms with Gasteiger partial charge < -0.3 is 19.5 Å². The SMILES string of the molecule is CCc1ccc(OC)c(C2NCCc3cc(OC)c(OCc4ccccc4)cc32)c1. The summed E-state index contributed by atoms with van der Waals surface area (Å²) in [5.74, 6) is 2.44. The molecule has 0 aromatic heterocycles. The number of fused-ring (bicyclic) bond motifs is 1. The first kappa shape index (κ1) is 20.3. The maximum absolute atomic E-state index is 6.18. The highest BCUT2D eigenvalue weighted by Crippen LogP contribution is 2.40. The molecule has 1 aliphatic heterocycles. The van der Waals surface area contributed by atoms with Crippen molar-refractivity contribution < 1.29 is 14.2 Å². The van der Waals surface area contributed by atoms with Crippen molar-refractivity contribution in [3.05, 3.63) is 88.5 Å². The fourth-order valence-electron chi connectivity index (χ4n) is 4.08. The number of nitrogens with one attached hydrogen (secondary N) is 1. The Balaban J connectivity index is 1.72. The van der Waals surface area contributed by atoms with Crippen molar-refractivity contribution in [2.45, 2.75) is 32.4 Å². The second kappa shape index (κ2) is 9.23. The summed E-state index contributed by atoms with van der Waals surface area (Å²) < 4.78 is 17.5. The third-order valence-corrected chi connectivity index (χ3v) is 5.73. The summed E-state index contributed by atoms with van der Waals surface area (Å²) in [4.78, 5) is 0. The molecule has 4 rings (SSSR count). The highest BCUT2D eigenvalue weighted by atomic mass is 16.5. The Kier molecular flexibility index (Phi) is 6.24. The van der Waals surface area contributed by atoms with Gasteiger partial charge in [0.1, 0.15) is 12.4 Å². The summed E-state index contributed by atoms with van der Waals surface area (Å²) in [7, 11) is 3.43. The van der Waals surface area contributed by atoms with Gasteiger partial charge in [-0.1, -0.05) is 49.4 Å². The molecule has 1 unspecified atom stereocenters. The molecule has 3 aromatic rings. The van der Waals surface area contributed by atoms with E-state index >= 15 is 0 Å². The van der Waals surface area contributed by atoms with Crippen LogP contribution in [0.3, 0.4) is 0 Å². The fraction of sp³-hybridized carbons (Fsp3) is 0.308. The fourth-order valence-corrected chi connectivity index (χ4v) is 4.08. The van der Waals surface area contributed by atoms with Crippen LogP contribution in [0.15, 0.2) is 60.7 Å². The molecule has 0 saturated heterocycles. The van der Waals surface area contributed by atoms with Crippen molar-refractivity contribution in [1.29, 1.82) is 0 Å². The monoisotopic (exact) mass is 403 g/mol. The molecule has 156 valence electrons. The molecule has 0 aliphatic carbocycles. The lowest BCUT2D eigenvalue weighted by Gasteiger charge is -2.30. The Bertz CT molecular complexity index is 1000. The number of benzene rings is 3. The standard InChI is InChI=1S/C26H29NO3/c1-4-18-10-11-23(28-2)22(14-18)26-21-16-25(30-17-19-8-6-5-7-9-19)24(29-3)15-20(21)12-13-27-26/h5-11,14-16,26-27H,4,12-13,17H2,1-3H3. The number of hydrogen-bond donors (Lipinski definition) is 1. The van der Waals surface area contributed by atoms with Crippen LogP contribution in [-0.4, -0.2) is 20.8 Å². The molecule has 0 saturated carbocycles. The average Bonchev–Trinajstić information content (AvgIpc) is 2.81. The lowest BCUT2D eigenvalue weighted by Crippen LogP contribution is -2.31. The van der Waals surface area contributed by atoms with E-state index in [9.17, 15) is 0 Å². The van der Waals surface area contributed by atoms with Gasteiger partial charge in [0, 0.05) is 12.1 Å². The van der Waals surface area contributed by atoms with Crippen molar-refractivity contribution in [3.8, 4) is 17.2 Å². The van der Waals surface area contributed by atoms with E-state index < -0.39 is 0 Å². The van der Waals surface area contributed by atoms with Crippen molar-refractivity contribution in [2.24, 2.45) is 0 Å². The van der Waals surface area contributed by atoms with Gasteiger partial charge in [0.05, 0.1) is 20.3 Å².